The molecule has 0 fully saturated rings. The topological polar surface area (TPSA) is 72.5 Å². The Morgan fingerprint density at radius 3 is 2.54 bits per heavy atom. The molecule has 136 valence electrons. The van der Waals surface area contributed by atoms with Gasteiger partial charge in [-0.15, -0.1) is 35.3 Å². The summed E-state index contributed by atoms with van der Waals surface area (Å²) in [5.41, 5.74) is 7.77. The highest BCUT2D eigenvalue weighted by Gasteiger charge is 2.04. The van der Waals surface area contributed by atoms with Crippen molar-refractivity contribution in [1.29, 1.82) is 0 Å². The fourth-order valence-electron chi connectivity index (χ4n) is 2.33. The van der Waals surface area contributed by atoms with Crippen molar-refractivity contribution in [2.45, 2.75) is 20.4 Å². The summed E-state index contributed by atoms with van der Waals surface area (Å²) < 4.78 is 5.82. The summed E-state index contributed by atoms with van der Waals surface area (Å²) in [7, 11) is 0. The van der Waals surface area contributed by atoms with Crippen molar-refractivity contribution in [3.8, 4) is 11.5 Å². The van der Waals surface area contributed by atoms with Crippen LogP contribution in [-0.2, 0) is 6.54 Å². The van der Waals surface area contributed by atoms with Gasteiger partial charge >= 0.3 is 0 Å². The number of rotatable bonds is 5. The van der Waals surface area contributed by atoms with E-state index in [4.69, 9.17) is 10.5 Å². The molecule has 0 aliphatic rings. The van der Waals surface area contributed by atoms with Gasteiger partial charge in [0.1, 0.15) is 11.5 Å². The molecule has 1 aromatic heterocycles. The Kier molecular flexibility index (Phi) is 7.40. The lowest BCUT2D eigenvalue weighted by Gasteiger charge is -2.09. The number of hydrogen-bond donors (Lipinski definition) is 2. The van der Waals surface area contributed by atoms with Crippen molar-refractivity contribution in [1.82, 2.24) is 4.98 Å². The Labute approximate surface area is 174 Å². The summed E-state index contributed by atoms with van der Waals surface area (Å²) in [5.74, 6) is 1.87. The van der Waals surface area contributed by atoms with Crippen LogP contribution in [0.25, 0.3) is 0 Å². The van der Waals surface area contributed by atoms with Gasteiger partial charge in [0.05, 0.1) is 17.2 Å². The van der Waals surface area contributed by atoms with Gasteiger partial charge in [0.25, 0.3) is 0 Å². The zero-order valence-corrected chi connectivity index (χ0v) is 17.7. The van der Waals surface area contributed by atoms with Crippen LogP contribution in [0.4, 0.5) is 5.69 Å². The summed E-state index contributed by atoms with van der Waals surface area (Å²) in [6.07, 6.45) is 0. The van der Waals surface area contributed by atoms with Crippen molar-refractivity contribution < 1.29 is 4.74 Å². The highest BCUT2D eigenvalue weighted by molar-refractivity contribution is 14.0. The van der Waals surface area contributed by atoms with Crippen molar-refractivity contribution >= 4 is 47.0 Å². The molecule has 0 saturated carbocycles. The number of halogens is 1. The number of ether oxygens (including phenoxy) is 1. The predicted octanol–water partition coefficient (Wildman–Crippen LogP) is 5.10. The Morgan fingerprint density at radius 2 is 1.85 bits per heavy atom. The SMILES string of the molecule is Cc1nc(CN=C(N)Nc2cccc(Oc3ccccc3)c2)c(C)s1.I. The number of aromatic nitrogens is 1. The fraction of sp³-hybridized carbons (Fsp3) is 0.158. The van der Waals surface area contributed by atoms with Crippen molar-refractivity contribution in [3.05, 3.63) is 70.2 Å². The molecular weight excluding hydrogens is 459 g/mol. The quantitative estimate of drug-likeness (QED) is 0.303. The van der Waals surface area contributed by atoms with Gasteiger partial charge < -0.3 is 15.8 Å². The molecule has 3 N–H and O–H groups in total. The van der Waals surface area contributed by atoms with Crippen LogP contribution in [0.15, 0.2) is 59.6 Å². The van der Waals surface area contributed by atoms with E-state index >= 15 is 0 Å². The third-order valence-corrected chi connectivity index (χ3v) is 4.41. The number of thiazole rings is 1. The number of nitrogens with two attached hydrogens (primary N) is 1. The predicted molar refractivity (Wildman–Crippen MR) is 119 cm³/mol. The van der Waals surface area contributed by atoms with E-state index in [0.29, 0.717) is 12.5 Å². The third-order valence-electron chi connectivity index (χ3n) is 3.48. The van der Waals surface area contributed by atoms with Crippen LogP contribution >= 0.6 is 35.3 Å². The molecule has 0 aliphatic carbocycles. The first-order valence-corrected chi connectivity index (χ1v) is 8.74. The highest BCUT2D eigenvalue weighted by atomic mass is 127. The van der Waals surface area contributed by atoms with Crippen molar-refractivity contribution in [3.63, 3.8) is 0 Å². The van der Waals surface area contributed by atoms with Crippen LogP contribution in [0.2, 0.25) is 0 Å². The van der Waals surface area contributed by atoms with Gasteiger partial charge in [-0.3, -0.25) is 0 Å². The normalized spacial score (nSPS) is 10.9. The first-order valence-electron chi connectivity index (χ1n) is 7.93. The molecule has 0 unspecified atom stereocenters. The maximum atomic E-state index is 5.99. The number of nitrogens with zero attached hydrogens (tertiary/aromatic N) is 2. The van der Waals surface area contributed by atoms with Gasteiger partial charge in [-0.2, -0.15) is 0 Å². The maximum absolute atomic E-state index is 5.99. The molecule has 3 rings (SSSR count). The molecule has 0 bridgehead atoms. The van der Waals surface area contributed by atoms with Gasteiger partial charge in [-0.1, -0.05) is 24.3 Å². The first-order chi connectivity index (χ1) is 12.1. The first kappa shape index (κ1) is 20.2. The molecule has 5 nitrogen and oxygen atoms in total. The Hall–Kier alpha value is -2.13. The summed E-state index contributed by atoms with van der Waals surface area (Å²) in [4.78, 5) is 10.00. The standard InChI is InChI=1S/C19H20N4OS.HI/c1-13-18(22-14(2)25-13)12-21-19(20)23-15-7-6-10-17(11-15)24-16-8-4-3-5-9-16;/h3-11H,12H2,1-2H3,(H3,20,21,23);1H. The van der Waals surface area contributed by atoms with Crippen LogP contribution in [0, 0.1) is 13.8 Å². The number of nitrogens with one attached hydrogen (secondary N) is 1. The van der Waals surface area contributed by atoms with Gasteiger partial charge in [0.2, 0.25) is 0 Å². The lowest BCUT2D eigenvalue weighted by molar-refractivity contribution is 0.483. The molecular formula is C19H21IN4OS. The molecule has 26 heavy (non-hydrogen) atoms. The number of guanidine groups is 1. The van der Waals surface area contributed by atoms with Crippen LogP contribution in [0.5, 0.6) is 11.5 Å². The highest BCUT2D eigenvalue weighted by Crippen LogP contribution is 2.23. The summed E-state index contributed by atoms with van der Waals surface area (Å²) in [6.45, 7) is 4.50. The molecule has 0 aliphatic heterocycles. The second-order valence-electron chi connectivity index (χ2n) is 5.51. The number of para-hydroxylation sites is 1. The van der Waals surface area contributed by atoms with Crippen LogP contribution in [-0.4, -0.2) is 10.9 Å². The molecule has 0 atom stereocenters. The molecule has 1 heterocycles. The van der Waals surface area contributed by atoms with E-state index in [1.54, 1.807) is 11.3 Å². The summed E-state index contributed by atoms with van der Waals surface area (Å²) in [5, 5.41) is 4.13. The minimum atomic E-state index is 0. The number of aryl methyl sites for hydroxylation is 2. The van der Waals surface area contributed by atoms with E-state index in [-0.39, 0.29) is 24.0 Å². The largest absolute Gasteiger partial charge is 0.457 e. The van der Waals surface area contributed by atoms with E-state index in [1.807, 2.05) is 68.4 Å². The fourth-order valence-corrected chi connectivity index (χ4v) is 3.16. The number of anilines is 1. The molecule has 0 radical (unpaired) electrons. The van der Waals surface area contributed by atoms with Crippen LogP contribution in [0.1, 0.15) is 15.6 Å². The zero-order valence-electron chi connectivity index (χ0n) is 14.6. The van der Waals surface area contributed by atoms with Gasteiger partial charge in [0, 0.05) is 16.6 Å². The smallest absolute Gasteiger partial charge is 0.193 e. The van der Waals surface area contributed by atoms with Crippen LogP contribution in [0.3, 0.4) is 0 Å². The second-order valence-corrected chi connectivity index (χ2v) is 6.91. The molecule has 0 amide bonds. The third kappa shape index (κ3) is 5.70. The monoisotopic (exact) mass is 480 g/mol. The Bertz CT molecular complexity index is 880. The van der Waals surface area contributed by atoms with Crippen molar-refractivity contribution in [2.24, 2.45) is 10.7 Å². The van der Waals surface area contributed by atoms with Crippen LogP contribution < -0.4 is 15.8 Å². The molecule has 7 heteroatoms. The molecule has 0 spiro atoms. The Balaban J connectivity index is 0.00000243. The molecule has 2 aromatic carbocycles. The van der Waals surface area contributed by atoms with E-state index < -0.39 is 0 Å². The zero-order chi connectivity index (χ0) is 17.6. The number of benzene rings is 2. The summed E-state index contributed by atoms with van der Waals surface area (Å²) >= 11 is 1.67. The lowest BCUT2D eigenvalue weighted by atomic mass is 10.3. The second kappa shape index (κ2) is 9.54. The minimum Gasteiger partial charge on any atom is -0.457 e. The molecule has 0 saturated heterocycles. The maximum Gasteiger partial charge on any atom is 0.193 e. The average molecular weight is 480 g/mol. The number of hydrogen-bond acceptors (Lipinski definition) is 4. The van der Waals surface area contributed by atoms with Crippen molar-refractivity contribution in [2.75, 3.05) is 5.32 Å². The Morgan fingerprint density at radius 1 is 1.12 bits per heavy atom. The number of aliphatic imine (C=N–C) groups is 1. The minimum absolute atomic E-state index is 0. The van der Waals surface area contributed by atoms with Gasteiger partial charge in [0.15, 0.2) is 5.96 Å². The van der Waals surface area contributed by atoms with E-state index in [0.717, 1.165) is 27.9 Å². The van der Waals surface area contributed by atoms with E-state index in [1.165, 1.54) is 4.88 Å². The summed E-state index contributed by atoms with van der Waals surface area (Å²) in [6, 6.07) is 17.2. The lowest BCUT2D eigenvalue weighted by Crippen LogP contribution is -2.22. The van der Waals surface area contributed by atoms with Gasteiger partial charge in [-0.25, -0.2) is 9.98 Å². The average Bonchev–Trinajstić information content (AvgIpc) is 2.92. The molecule has 3 aromatic rings. The van der Waals surface area contributed by atoms with Gasteiger partial charge in [-0.05, 0) is 38.1 Å². The van der Waals surface area contributed by atoms with E-state index in [2.05, 4.69) is 15.3 Å². The van der Waals surface area contributed by atoms with E-state index in [9.17, 15) is 0 Å².